The van der Waals surface area contributed by atoms with Crippen LogP contribution in [0.3, 0.4) is 0 Å². The van der Waals surface area contributed by atoms with Crippen LogP contribution >= 0.6 is 0 Å². The topological polar surface area (TPSA) is 47.3 Å². The Morgan fingerprint density at radius 2 is 2.00 bits per heavy atom. The average Bonchev–Trinajstić information content (AvgIpc) is 2.34. The molecule has 1 atom stereocenters. The van der Waals surface area contributed by atoms with Crippen LogP contribution in [0.4, 0.5) is 0 Å². The molecule has 0 heterocycles. The second kappa shape index (κ2) is 7.30. The Labute approximate surface area is 104 Å². The third kappa shape index (κ3) is 4.36. The highest BCUT2D eigenvalue weighted by Crippen LogP contribution is 2.17. The van der Waals surface area contributed by atoms with E-state index in [1.54, 1.807) is 7.11 Å². The summed E-state index contributed by atoms with van der Waals surface area (Å²) >= 11 is 0. The largest absolute Gasteiger partial charge is 0.496 e. The van der Waals surface area contributed by atoms with E-state index in [2.05, 4.69) is 25.2 Å². The maximum atomic E-state index is 5.74. The second-order valence-electron chi connectivity index (χ2n) is 4.68. The first-order chi connectivity index (χ1) is 8.19. The fourth-order valence-electron chi connectivity index (χ4n) is 1.83. The highest BCUT2D eigenvalue weighted by atomic mass is 16.5. The molecule has 0 aliphatic carbocycles. The standard InChI is InChI=1S/C14H24N2O/c1-11(2)13(8-15)10-16-9-12-6-4-5-7-14(12)17-3/h4-7,11,13,16H,8-10,15H2,1-3H3. The van der Waals surface area contributed by atoms with Crippen LogP contribution in [0.15, 0.2) is 24.3 Å². The molecule has 0 amide bonds. The van der Waals surface area contributed by atoms with Gasteiger partial charge in [-0.3, -0.25) is 0 Å². The number of methoxy groups -OCH3 is 1. The smallest absolute Gasteiger partial charge is 0.123 e. The lowest BCUT2D eigenvalue weighted by Gasteiger charge is -2.19. The summed E-state index contributed by atoms with van der Waals surface area (Å²) in [5, 5.41) is 3.45. The van der Waals surface area contributed by atoms with Crippen molar-refractivity contribution in [3.8, 4) is 5.75 Å². The van der Waals surface area contributed by atoms with Crippen molar-refractivity contribution >= 4 is 0 Å². The number of hydrogen-bond donors (Lipinski definition) is 2. The van der Waals surface area contributed by atoms with E-state index in [-0.39, 0.29) is 0 Å². The fourth-order valence-corrected chi connectivity index (χ4v) is 1.83. The number of nitrogens with one attached hydrogen (secondary N) is 1. The van der Waals surface area contributed by atoms with Crippen LogP contribution in [0.1, 0.15) is 19.4 Å². The zero-order valence-electron chi connectivity index (χ0n) is 11.1. The molecule has 3 nitrogen and oxygen atoms in total. The van der Waals surface area contributed by atoms with Crippen LogP contribution in [-0.2, 0) is 6.54 Å². The van der Waals surface area contributed by atoms with Gasteiger partial charge in [0, 0.05) is 12.1 Å². The van der Waals surface area contributed by atoms with Gasteiger partial charge in [0.2, 0.25) is 0 Å². The molecule has 0 aliphatic rings. The van der Waals surface area contributed by atoms with Gasteiger partial charge in [0.05, 0.1) is 7.11 Å². The molecule has 96 valence electrons. The fraction of sp³-hybridized carbons (Fsp3) is 0.571. The minimum Gasteiger partial charge on any atom is -0.496 e. The monoisotopic (exact) mass is 236 g/mol. The van der Waals surface area contributed by atoms with E-state index in [1.165, 1.54) is 5.56 Å². The van der Waals surface area contributed by atoms with Crippen LogP contribution in [0.5, 0.6) is 5.75 Å². The summed E-state index contributed by atoms with van der Waals surface area (Å²) in [6.45, 7) is 6.93. The first-order valence-corrected chi connectivity index (χ1v) is 6.21. The van der Waals surface area contributed by atoms with Gasteiger partial charge in [0.25, 0.3) is 0 Å². The van der Waals surface area contributed by atoms with Crippen molar-refractivity contribution in [3.63, 3.8) is 0 Å². The molecule has 3 N–H and O–H groups in total. The van der Waals surface area contributed by atoms with Gasteiger partial charge in [0.1, 0.15) is 5.75 Å². The zero-order chi connectivity index (χ0) is 12.7. The molecule has 0 saturated carbocycles. The van der Waals surface area contributed by atoms with Crippen LogP contribution < -0.4 is 15.8 Å². The lowest BCUT2D eigenvalue weighted by molar-refractivity contribution is 0.367. The second-order valence-corrected chi connectivity index (χ2v) is 4.68. The van der Waals surface area contributed by atoms with Gasteiger partial charge in [-0.2, -0.15) is 0 Å². The average molecular weight is 236 g/mol. The van der Waals surface area contributed by atoms with E-state index in [4.69, 9.17) is 10.5 Å². The molecule has 0 aromatic heterocycles. The van der Waals surface area contributed by atoms with E-state index in [9.17, 15) is 0 Å². The number of benzene rings is 1. The van der Waals surface area contributed by atoms with Crippen molar-refractivity contribution in [1.82, 2.24) is 5.32 Å². The number of para-hydroxylation sites is 1. The summed E-state index contributed by atoms with van der Waals surface area (Å²) < 4.78 is 5.31. The lowest BCUT2D eigenvalue weighted by Crippen LogP contribution is -2.31. The molecule has 3 heteroatoms. The summed E-state index contributed by atoms with van der Waals surface area (Å²) in [7, 11) is 1.70. The molecular formula is C14H24N2O. The number of nitrogens with two attached hydrogens (primary N) is 1. The molecule has 1 unspecified atom stereocenters. The van der Waals surface area contributed by atoms with E-state index in [1.807, 2.05) is 18.2 Å². The van der Waals surface area contributed by atoms with Crippen molar-refractivity contribution in [2.75, 3.05) is 20.2 Å². The Hall–Kier alpha value is -1.06. The third-order valence-corrected chi connectivity index (χ3v) is 3.16. The van der Waals surface area contributed by atoms with E-state index < -0.39 is 0 Å². The summed E-state index contributed by atoms with van der Waals surface area (Å²) in [5.74, 6) is 2.09. The maximum absolute atomic E-state index is 5.74. The van der Waals surface area contributed by atoms with Gasteiger partial charge < -0.3 is 15.8 Å². The molecule has 0 radical (unpaired) electrons. The first kappa shape index (κ1) is 14.0. The van der Waals surface area contributed by atoms with E-state index in [0.717, 1.165) is 25.4 Å². The van der Waals surface area contributed by atoms with Crippen LogP contribution in [0.2, 0.25) is 0 Å². The highest BCUT2D eigenvalue weighted by Gasteiger charge is 2.10. The Morgan fingerprint density at radius 1 is 1.29 bits per heavy atom. The molecule has 1 rings (SSSR count). The van der Waals surface area contributed by atoms with Gasteiger partial charge in [-0.15, -0.1) is 0 Å². The zero-order valence-corrected chi connectivity index (χ0v) is 11.1. The molecule has 1 aromatic carbocycles. The summed E-state index contributed by atoms with van der Waals surface area (Å²) in [6.07, 6.45) is 0. The molecule has 17 heavy (non-hydrogen) atoms. The minimum absolute atomic E-state index is 0.532. The molecule has 0 aliphatic heterocycles. The van der Waals surface area contributed by atoms with Crippen molar-refractivity contribution in [2.45, 2.75) is 20.4 Å². The van der Waals surface area contributed by atoms with Crippen molar-refractivity contribution in [3.05, 3.63) is 29.8 Å². The van der Waals surface area contributed by atoms with Gasteiger partial charge >= 0.3 is 0 Å². The molecule has 0 spiro atoms. The summed E-state index contributed by atoms with van der Waals surface area (Å²) in [6, 6.07) is 8.08. The number of hydrogen-bond acceptors (Lipinski definition) is 3. The van der Waals surface area contributed by atoms with Crippen LogP contribution in [0.25, 0.3) is 0 Å². The van der Waals surface area contributed by atoms with Gasteiger partial charge in [0.15, 0.2) is 0 Å². The van der Waals surface area contributed by atoms with Crippen molar-refractivity contribution in [1.29, 1.82) is 0 Å². The van der Waals surface area contributed by atoms with Crippen LogP contribution in [-0.4, -0.2) is 20.2 Å². The normalized spacial score (nSPS) is 12.8. The Bertz CT molecular complexity index is 326. The summed E-state index contributed by atoms with van der Waals surface area (Å²) in [4.78, 5) is 0. The Kier molecular flexibility index (Phi) is 6.01. The first-order valence-electron chi connectivity index (χ1n) is 6.21. The third-order valence-electron chi connectivity index (χ3n) is 3.16. The van der Waals surface area contributed by atoms with Crippen molar-refractivity contribution < 1.29 is 4.74 Å². The Balaban J connectivity index is 2.45. The molecule has 0 bridgehead atoms. The number of ether oxygens (including phenoxy) is 1. The quantitative estimate of drug-likeness (QED) is 0.761. The van der Waals surface area contributed by atoms with E-state index >= 15 is 0 Å². The molecule has 0 saturated heterocycles. The predicted molar refractivity (Wildman–Crippen MR) is 72.1 cm³/mol. The number of rotatable bonds is 7. The maximum Gasteiger partial charge on any atom is 0.123 e. The van der Waals surface area contributed by atoms with Gasteiger partial charge in [-0.25, -0.2) is 0 Å². The van der Waals surface area contributed by atoms with Crippen LogP contribution in [0, 0.1) is 11.8 Å². The van der Waals surface area contributed by atoms with E-state index in [0.29, 0.717) is 11.8 Å². The molecule has 0 fully saturated rings. The molecular weight excluding hydrogens is 212 g/mol. The lowest BCUT2D eigenvalue weighted by atomic mass is 9.96. The van der Waals surface area contributed by atoms with Crippen molar-refractivity contribution in [2.24, 2.45) is 17.6 Å². The molecule has 1 aromatic rings. The highest BCUT2D eigenvalue weighted by molar-refractivity contribution is 5.32. The SMILES string of the molecule is COc1ccccc1CNCC(CN)C(C)C. The Morgan fingerprint density at radius 3 is 2.59 bits per heavy atom. The predicted octanol–water partition coefficient (Wildman–Crippen LogP) is 2.02. The van der Waals surface area contributed by atoms with Gasteiger partial charge in [-0.1, -0.05) is 32.0 Å². The summed E-state index contributed by atoms with van der Waals surface area (Å²) in [5.41, 5.74) is 6.93. The van der Waals surface area contributed by atoms with Gasteiger partial charge in [-0.05, 0) is 31.0 Å². The minimum atomic E-state index is 0.532.